The third-order valence-corrected chi connectivity index (χ3v) is 7.52. The molecule has 1 aromatic carbocycles. The zero-order valence-corrected chi connectivity index (χ0v) is 19.2. The van der Waals surface area contributed by atoms with E-state index in [-0.39, 0.29) is 39.7 Å². The monoisotopic (exact) mass is 453 g/mol. The van der Waals surface area contributed by atoms with E-state index in [4.69, 9.17) is 10.5 Å². The summed E-state index contributed by atoms with van der Waals surface area (Å²) in [6.07, 6.45) is 1.62. The van der Waals surface area contributed by atoms with Gasteiger partial charge in [-0.1, -0.05) is 17.1 Å². The summed E-state index contributed by atoms with van der Waals surface area (Å²) in [5.41, 5.74) is 9.48. The maximum atomic E-state index is 13.6. The molecule has 0 spiro atoms. The Hall–Kier alpha value is -3.30. The van der Waals surface area contributed by atoms with Crippen LogP contribution in [0, 0.1) is 20.8 Å². The second-order valence-electron chi connectivity index (χ2n) is 7.83. The molecular formula is C23H25N4O4S+. The molecule has 32 heavy (non-hydrogen) atoms. The number of anilines is 1. The number of pyridine rings is 2. The molecule has 8 nitrogen and oxygen atoms in total. The van der Waals surface area contributed by atoms with Crippen molar-refractivity contribution < 1.29 is 17.7 Å². The molecule has 0 bridgehead atoms. The van der Waals surface area contributed by atoms with Gasteiger partial charge >= 0.3 is 0 Å². The number of ether oxygens (including phenoxy) is 1. The van der Waals surface area contributed by atoms with E-state index in [1.807, 2.05) is 26.8 Å². The van der Waals surface area contributed by atoms with Crippen LogP contribution in [0.25, 0.3) is 16.7 Å². The molecule has 0 aliphatic heterocycles. The molecule has 4 aromatic rings. The Balaban J connectivity index is 2.11. The number of aromatic nitrogens is 3. The summed E-state index contributed by atoms with van der Waals surface area (Å²) in [6, 6.07) is 9.86. The summed E-state index contributed by atoms with van der Waals surface area (Å²) in [4.78, 5) is 18.0. The molecule has 0 fully saturated rings. The average molecular weight is 454 g/mol. The SMILES string of the molecule is COCC[n+]1c(N)c(S(=O)(=O)c2ccc(C)c(C)c2)cc2c(=O)n3cccc(C)c3nc21. The second kappa shape index (κ2) is 7.99. The van der Waals surface area contributed by atoms with Crippen LogP contribution in [-0.2, 0) is 21.1 Å². The van der Waals surface area contributed by atoms with E-state index in [1.54, 1.807) is 35.0 Å². The van der Waals surface area contributed by atoms with Crippen LogP contribution in [0.15, 0.2) is 57.2 Å². The van der Waals surface area contributed by atoms with Crippen LogP contribution < -0.4 is 15.9 Å². The highest BCUT2D eigenvalue weighted by atomic mass is 32.2. The van der Waals surface area contributed by atoms with E-state index >= 15 is 0 Å². The Kier molecular flexibility index (Phi) is 5.47. The molecule has 0 amide bonds. The minimum Gasteiger partial charge on any atom is -0.381 e. The van der Waals surface area contributed by atoms with Gasteiger partial charge in [0.25, 0.3) is 11.2 Å². The number of hydrogen-bond donors (Lipinski definition) is 1. The van der Waals surface area contributed by atoms with Crippen LogP contribution in [-0.4, -0.2) is 31.5 Å². The highest BCUT2D eigenvalue weighted by Gasteiger charge is 2.29. The van der Waals surface area contributed by atoms with Gasteiger partial charge in [-0.3, -0.25) is 9.20 Å². The van der Waals surface area contributed by atoms with Gasteiger partial charge in [0.2, 0.25) is 21.3 Å². The molecule has 0 radical (unpaired) electrons. The van der Waals surface area contributed by atoms with Gasteiger partial charge in [0.05, 0.1) is 18.0 Å². The Labute approximate surface area is 185 Å². The zero-order valence-electron chi connectivity index (χ0n) is 18.4. The van der Waals surface area contributed by atoms with Gasteiger partial charge in [0, 0.05) is 18.9 Å². The van der Waals surface area contributed by atoms with Crippen molar-refractivity contribution in [2.45, 2.75) is 37.1 Å². The smallest absolute Gasteiger partial charge is 0.278 e. The second-order valence-corrected chi connectivity index (χ2v) is 9.74. The van der Waals surface area contributed by atoms with E-state index in [1.165, 1.54) is 17.6 Å². The number of benzene rings is 1. The summed E-state index contributed by atoms with van der Waals surface area (Å²) in [5, 5.41) is 0.167. The molecule has 0 saturated heterocycles. The lowest BCUT2D eigenvalue weighted by molar-refractivity contribution is -0.662. The van der Waals surface area contributed by atoms with Gasteiger partial charge in [-0.05, 0) is 56.2 Å². The molecule has 0 atom stereocenters. The summed E-state index contributed by atoms with van der Waals surface area (Å²) < 4.78 is 35.3. The number of nitrogen functional groups attached to an aromatic ring is 1. The third-order valence-electron chi connectivity index (χ3n) is 5.74. The number of rotatable bonds is 5. The lowest BCUT2D eigenvalue weighted by Gasteiger charge is -2.13. The fourth-order valence-corrected chi connectivity index (χ4v) is 5.21. The molecular weight excluding hydrogens is 428 g/mol. The van der Waals surface area contributed by atoms with Gasteiger partial charge in [0.15, 0.2) is 0 Å². The molecule has 3 aromatic heterocycles. The first-order valence-electron chi connectivity index (χ1n) is 10.1. The summed E-state index contributed by atoms with van der Waals surface area (Å²) in [6.45, 7) is 6.13. The topological polar surface area (TPSA) is 108 Å². The highest BCUT2D eigenvalue weighted by molar-refractivity contribution is 7.91. The number of fused-ring (bicyclic) bond motifs is 2. The van der Waals surface area contributed by atoms with E-state index in [2.05, 4.69) is 4.98 Å². The van der Waals surface area contributed by atoms with Crippen molar-refractivity contribution in [1.82, 2.24) is 9.38 Å². The van der Waals surface area contributed by atoms with Gasteiger partial charge in [0.1, 0.15) is 10.3 Å². The first-order valence-corrected chi connectivity index (χ1v) is 11.6. The fourth-order valence-electron chi connectivity index (χ4n) is 3.72. The lowest BCUT2D eigenvalue weighted by atomic mass is 10.1. The van der Waals surface area contributed by atoms with Crippen LogP contribution in [0.2, 0.25) is 0 Å². The van der Waals surface area contributed by atoms with Gasteiger partial charge in [-0.15, -0.1) is 0 Å². The fraction of sp³-hybridized carbons (Fsp3) is 0.261. The van der Waals surface area contributed by atoms with Crippen molar-refractivity contribution in [3.8, 4) is 0 Å². The van der Waals surface area contributed by atoms with Crippen LogP contribution >= 0.6 is 0 Å². The molecule has 166 valence electrons. The molecule has 3 heterocycles. The van der Waals surface area contributed by atoms with E-state index < -0.39 is 9.84 Å². The number of nitrogens with two attached hydrogens (primary N) is 1. The van der Waals surface area contributed by atoms with Crippen molar-refractivity contribution in [3.63, 3.8) is 0 Å². The Bertz CT molecular complexity index is 1540. The molecule has 4 rings (SSSR count). The van der Waals surface area contributed by atoms with Crippen LogP contribution in [0.1, 0.15) is 16.7 Å². The molecule has 2 N–H and O–H groups in total. The largest absolute Gasteiger partial charge is 0.381 e. The molecule has 0 saturated carbocycles. The minimum absolute atomic E-state index is 0.0117. The van der Waals surface area contributed by atoms with Crippen LogP contribution in [0.4, 0.5) is 5.82 Å². The lowest BCUT2D eigenvalue weighted by Crippen LogP contribution is -2.43. The minimum atomic E-state index is -3.99. The Morgan fingerprint density at radius 3 is 2.53 bits per heavy atom. The highest BCUT2D eigenvalue weighted by Crippen LogP contribution is 2.27. The van der Waals surface area contributed by atoms with Gasteiger partial charge in [-0.2, -0.15) is 0 Å². The molecule has 9 heteroatoms. The Morgan fingerprint density at radius 1 is 1.09 bits per heavy atom. The number of sulfone groups is 1. The predicted molar refractivity (Wildman–Crippen MR) is 122 cm³/mol. The number of nitrogens with zero attached hydrogens (tertiary/aromatic N) is 3. The van der Waals surface area contributed by atoms with Crippen molar-refractivity contribution in [1.29, 1.82) is 0 Å². The number of hydrogen-bond acceptors (Lipinski definition) is 6. The number of aryl methyl sites for hydroxylation is 3. The van der Waals surface area contributed by atoms with E-state index in [0.29, 0.717) is 11.3 Å². The van der Waals surface area contributed by atoms with Crippen LogP contribution in [0.3, 0.4) is 0 Å². The van der Waals surface area contributed by atoms with Crippen molar-refractivity contribution in [3.05, 3.63) is 69.6 Å². The zero-order chi connectivity index (χ0) is 23.2. The molecule has 0 aliphatic carbocycles. The molecule has 0 unspecified atom stereocenters. The predicted octanol–water partition coefficient (Wildman–Crippen LogP) is 2.12. The van der Waals surface area contributed by atoms with Crippen molar-refractivity contribution >= 4 is 32.3 Å². The van der Waals surface area contributed by atoms with Gasteiger partial charge < -0.3 is 10.5 Å². The van der Waals surface area contributed by atoms with Gasteiger partial charge in [-0.25, -0.2) is 13.0 Å². The maximum Gasteiger partial charge on any atom is 0.278 e. The molecule has 0 aliphatic rings. The maximum absolute atomic E-state index is 13.6. The Morgan fingerprint density at radius 2 is 1.84 bits per heavy atom. The summed E-state index contributed by atoms with van der Waals surface area (Å²) in [7, 11) is -2.45. The van der Waals surface area contributed by atoms with Crippen molar-refractivity contribution in [2.75, 3.05) is 19.5 Å². The summed E-state index contributed by atoms with van der Waals surface area (Å²) >= 11 is 0. The van der Waals surface area contributed by atoms with Crippen molar-refractivity contribution in [2.24, 2.45) is 0 Å². The number of methoxy groups -OCH3 is 1. The van der Waals surface area contributed by atoms with E-state index in [9.17, 15) is 13.2 Å². The summed E-state index contributed by atoms with van der Waals surface area (Å²) in [5.74, 6) is 0.0117. The quantitative estimate of drug-likeness (QED) is 0.366. The average Bonchev–Trinajstić information content (AvgIpc) is 2.75. The normalized spacial score (nSPS) is 12.0. The van der Waals surface area contributed by atoms with Crippen LogP contribution in [0.5, 0.6) is 0 Å². The first kappa shape index (κ1) is 21.9. The third kappa shape index (κ3) is 3.43. The first-order chi connectivity index (χ1) is 15.2. The van der Waals surface area contributed by atoms with E-state index in [0.717, 1.165) is 16.7 Å². The standard InChI is InChI=1S/C23H24N4O4S/c1-14-7-8-17(12-16(14)3)32(29,30)19-13-18-22(26(20(19)24)10-11-31-4)25-21-15(2)6-5-9-27(21)23(18)28/h5-9,12-13,24H,10-11H2,1-4H3/p+1.